The van der Waals surface area contributed by atoms with Gasteiger partial charge in [-0.05, 0) is 97.7 Å². The molecule has 16 N–H and O–H groups in total. The molecule has 0 aromatic heterocycles. The van der Waals surface area contributed by atoms with Crippen LogP contribution in [-0.4, -0.2) is 154 Å². The molecule has 2 heterocycles. The van der Waals surface area contributed by atoms with Crippen LogP contribution < -0.4 is 65.1 Å². The maximum atomic E-state index is 15.2. The highest BCUT2D eigenvalue weighted by molar-refractivity contribution is 6.01. The van der Waals surface area contributed by atoms with Crippen molar-refractivity contribution in [2.45, 2.75) is 172 Å². The van der Waals surface area contributed by atoms with Crippen LogP contribution in [0.3, 0.4) is 0 Å². The van der Waals surface area contributed by atoms with Crippen LogP contribution in [0.15, 0.2) is 115 Å². The summed E-state index contributed by atoms with van der Waals surface area (Å²) in [5.74, 6) is -11.7. The van der Waals surface area contributed by atoms with Gasteiger partial charge in [-0.25, -0.2) is 0 Å². The Morgan fingerprint density at radius 2 is 0.860 bits per heavy atom. The molecule has 0 saturated carbocycles. The highest BCUT2D eigenvalue weighted by Gasteiger charge is 2.42. The Kier molecular flexibility index (Phi) is 27.8. The standard InChI is InChI=1S/C67H89N13O13/c1-39(2)33-48-60(86)78-53(37-43-21-12-7-13-22-43)67(93)80-32-16-24-54(80)65(91)77-50(35-42-19-10-6-11-20-42)62(88)75-49(34-41-17-8-5-9-18-41)61(87)76-52(38-56(70)83)63(89)71-47(29-30-55(69)82)59(85)74-51(36-44-25-27-45(81)28-26-44)64(90)79-57(40(3)4)66(92)72-46(58(84)73-48)23-14-15-31-68/h5-13,17-22,25-28,39-40,46-54,57,81H,14-16,23-24,29-38,68H2,1-4H3,(H2,69,82)(H2,70,83)(H,71,89)(H,72,92)(H,73,84)(H,74,85)(H,75,88)(H,76,87)(H,77,91)(H,78,86)(H,79,90)/t46-,47-,48-,49+,50-,51-,52-,53+,54-,57-/m0/s1. The minimum absolute atomic E-state index is 0.0289. The third-order valence-corrected chi connectivity index (χ3v) is 16.1. The van der Waals surface area contributed by atoms with E-state index in [1.165, 1.54) is 29.2 Å². The molecule has 12 amide bonds. The highest BCUT2D eigenvalue weighted by atomic mass is 16.3. The van der Waals surface area contributed by atoms with Crippen molar-refractivity contribution in [3.05, 3.63) is 138 Å². The van der Waals surface area contributed by atoms with Gasteiger partial charge in [0, 0.05) is 38.6 Å². The fraction of sp³-hybridized carbons (Fsp3) is 0.463. The fourth-order valence-electron chi connectivity index (χ4n) is 11.1. The van der Waals surface area contributed by atoms with Gasteiger partial charge in [0.25, 0.3) is 0 Å². The van der Waals surface area contributed by atoms with Crippen LogP contribution in [0.2, 0.25) is 0 Å². The van der Waals surface area contributed by atoms with E-state index in [1.807, 2.05) is 13.8 Å². The molecular weight excluding hydrogens is 1190 g/mol. The average molecular weight is 1280 g/mol. The molecule has 2 fully saturated rings. The number of unbranched alkanes of at least 4 members (excludes halogenated alkanes) is 1. The zero-order valence-corrected chi connectivity index (χ0v) is 53.0. The number of phenols is 1. The molecule has 93 heavy (non-hydrogen) atoms. The Morgan fingerprint density at radius 3 is 1.34 bits per heavy atom. The molecule has 0 radical (unpaired) electrons. The number of benzene rings is 4. The average Bonchev–Trinajstić information content (AvgIpc) is 1.86. The second-order valence-corrected chi connectivity index (χ2v) is 24.4. The number of primary amides is 2. The summed E-state index contributed by atoms with van der Waals surface area (Å²) in [6.07, 6.45) is -1.12. The first kappa shape index (κ1) is 72.3. The van der Waals surface area contributed by atoms with Crippen LogP contribution in [0.4, 0.5) is 0 Å². The van der Waals surface area contributed by atoms with E-state index in [2.05, 4.69) is 47.9 Å². The summed E-state index contributed by atoms with van der Waals surface area (Å²) in [5.41, 5.74) is 19.3. The van der Waals surface area contributed by atoms with Crippen molar-refractivity contribution < 1.29 is 62.6 Å². The molecule has 2 aliphatic rings. The number of carbonyl (C=O) groups is 12. The van der Waals surface area contributed by atoms with Gasteiger partial charge in [0.1, 0.15) is 66.2 Å². The number of nitrogens with two attached hydrogens (primary N) is 3. The quantitative estimate of drug-likeness (QED) is 0.0519. The van der Waals surface area contributed by atoms with Gasteiger partial charge in [-0.15, -0.1) is 0 Å². The topological polar surface area (TPSA) is 415 Å². The van der Waals surface area contributed by atoms with Crippen molar-refractivity contribution in [3.8, 4) is 5.75 Å². The van der Waals surface area contributed by atoms with Crippen molar-refractivity contribution >= 4 is 70.9 Å². The molecule has 4 aromatic carbocycles. The van der Waals surface area contributed by atoms with Crippen LogP contribution >= 0.6 is 0 Å². The number of amides is 12. The summed E-state index contributed by atoms with van der Waals surface area (Å²) in [5, 5.41) is 34.5. The normalized spacial score (nSPS) is 23.8. The van der Waals surface area contributed by atoms with E-state index in [9.17, 15) is 57.8 Å². The molecule has 0 spiro atoms. The number of phenolic OH excluding ortho intramolecular Hbond substituents is 1. The van der Waals surface area contributed by atoms with Crippen LogP contribution in [0.25, 0.3) is 0 Å². The molecule has 500 valence electrons. The Hall–Kier alpha value is -9.72. The number of nitrogens with one attached hydrogen (secondary N) is 9. The highest BCUT2D eigenvalue weighted by Crippen LogP contribution is 2.22. The van der Waals surface area contributed by atoms with E-state index in [0.717, 1.165) is 0 Å². The predicted octanol–water partition coefficient (Wildman–Crippen LogP) is 0.00260. The number of rotatable bonds is 20. The summed E-state index contributed by atoms with van der Waals surface area (Å²) >= 11 is 0. The van der Waals surface area contributed by atoms with E-state index >= 15 is 4.79 Å². The second kappa shape index (κ2) is 35.8. The zero-order valence-electron chi connectivity index (χ0n) is 53.0. The van der Waals surface area contributed by atoms with Crippen molar-refractivity contribution in [2.24, 2.45) is 29.0 Å². The molecule has 4 aromatic rings. The van der Waals surface area contributed by atoms with Crippen molar-refractivity contribution in [1.82, 2.24) is 52.8 Å². The first-order valence-corrected chi connectivity index (χ1v) is 31.6. The third-order valence-electron chi connectivity index (χ3n) is 16.1. The summed E-state index contributed by atoms with van der Waals surface area (Å²) in [4.78, 5) is 174. The Balaban J connectivity index is 1.47. The van der Waals surface area contributed by atoms with Gasteiger partial charge < -0.3 is 75.1 Å². The monoisotopic (exact) mass is 1280 g/mol. The fourth-order valence-corrected chi connectivity index (χ4v) is 11.1. The van der Waals surface area contributed by atoms with E-state index in [0.29, 0.717) is 41.5 Å². The van der Waals surface area contributed by atoms with Gasteiger partial charge in [0.2, 0.25) is 70.9 Å². The molecule has 2 aliphatic heterocycles. The van der Waals surface area contributed by atoms with Gasteiger partial charge in [-0.3, -0.25) is 57.5 Å². The summed E-state index contributed by atoms with van der Waals surface area (Å²) in [7, 11) is 0. The minimum Gasteiger partial charge on any atom is -0.508 e. The first-order valence-electron chi connectivity index (χ1n) is 31.6. The van der Waals surface area contributed by atoms with Gasteiger partial charge >= 0.3 is 0 Å². The molecule has 26 nitrogen and oxygen atoms in total. The van der Waals surface area contributed by atoms with E-state index in [1.54, 1.807) is 105 Å². The maximum Gasteiger partial charge on any atom is 0.246 e. The lowest BCUT2D eigenvalue weighted by atomic mass is 9.98. The molecule has 26 heteroatoms. The van der Waals surface area contributed by atoms with Crippen molar-refractivity contribution in [1.29, 1.82) is 0 Å². The van der Waals surface area contributed by atoms with Crippen LogP contribution in [-0.2, 0) is 83.2 Å². The van der Waals surface area contributed by atoms with E-state index < -0.39 is 156 Å². The van der Waals surface area contributed by atoms with E-state index in [4.69, 9.17) is 17.2 Å². The lowest BCUT2D eigenvalue weighted by Gasteiger charge is -2.32. The molecule has 0 unspecified atom stereocenters. The number of nitrogens with zero attached hydrogens (tertiary/aromatic N) is 1. The molecule has 6 rings (SSSR count). The number of hydrogen-bond donors (Lipinski definition) is 13. The van der Waals surface area contributed by atoms with Gasteiger partial charge in [-0.1, -0.05) is 131 Å². The zero-order chi connectivity index (χ0) is 67.7. The minimum atomic E-state index is -1.85. The lowest BCUT2D eigenvalue weighted by Crippen LogP contribution is -2.62. The van der Waals surface area contributed by atoms with Gasteiger partial charge in [0.05, 0.1) is 6.42 Å². The Morgan fingerprint density at radius 1 is 0.462 bits per heavy atom. The van der Waals surface area contributed by atoms with E-state index in [-0.39, 0.29) is 69.7 Å². The van der Waals surface area contributed by atoms with Crippen LogP contribution in [0.5, 0.6) is 5.75 Å². The van der Waals surface area contributed by atoms with Crippen molar-refractivity contribution in [2.75, 3.05) is 13.1 Å². The van der Waals surface area contributed by atoms with Crippen LogP contribution in [0, 0.1) is 11.8 Å². The smallest absolute Gasteiger partial charge is 0.246 e. The number of carbonyl (C=O) groups excluding carboxylic acids is 12. The third kappa shape index (κ3) is 22.9. The SMILES string of the molecule is CC(C)C[C@@H]1NC(=O)[C@H](CCCCN)NC(=O)[C@H](C(C)C)NC(=O)[C@H](Cc2ccc(O)cc2)NC(=O)[C@H](CCC(N)=O)NC(=O)[C@H](CC(N)=O)NC(=O)[C@@H](Cc2ccccc2)NC(=O)[C@H](Cc2ccccc2)NC(=O)[C@@H]2CCCN2C(=O)[C@@H](Cc2ccccc2)NC1=O. The van der Waals surface area contributed by atoms with Crippen molar-refractivity contribution in [3.63, 3.8) is 0 Å². The summed E-state index contributed by atoms with van der Waals surface area (Å²) in [6, 6.07) is 17.0. The molecular formula is C67H89N13O13. The summed E-state index contributed by atoms with van der Waals surface area (Å²) < 4.78 is 0. The Labute approximate surface area is 541 Å². The number of hydrogen-bond acceptors (Lipinski definition) is 14. The largest absolute Gasteiger partial charge is 0.508 e. The number of fused-ring (bicyclic) bond motifs is 1. The molecule has 2 saturated heterocycles. The van der Waals surface area contributed by atoms with Gasteiger partial charge in [-0.2, -0.15) is 0 Å². The first-order chi connectivity index (χ1) is 44.4. The molecule has 10 atom stereocenters. The predicted molar refractivity (Wildman–Crippen MR) is 344 cm³/mol. The summed E-state index contributed by atoms with van der Waals surface area (Å²) in [6.45, 7) is 7.23. The lowest BCUT2D eigenvalue weighted by molar-refractivity contribution is -0.142. The second-order valence-electron chi connectivity index (χ2n) is 24.4. The van der Waals surface area contributed by atoms with Crippen LogP contribution in [0.1, 0.15) is 108 Å². The molecule has 0 bridgehead atoms. The Bertz CT molecular complexity index is 3230. The molecule has 0 aliphatic carbocycles. The van der Waals surface area contributed by atoms with Gasteiger partial charge in [0.15, 0.2) is 0 Å². The number of aromatic hydroxyl groups is 1. The maximum absolute atomic E-state index is 15.2.